The smallest absolute Gasteiger partial charge is 0.306 e. The number of carbonyl (C=O) groups excluding carboxylic acids is 3. The van der Waals surface area contributed by atoms with Crippen LogP contribution >= 0.6 is 0 Å². The van der Waals surface area contributed by atoms with Gasteiger partial charge in [0.1, 0.15) is 6.61 Å². The van der Waals surface area contributed by atoms with Crippen LogP contribution in [0.2, 0.25) is 0 Å². The van der Waals surface area contributed by atoms with E-state index in [9.17, 15) is 14.4 Å². The molecule has 6 heteroatoms. The zero-order valence-electron chi connectivity index (χ0n) is 15.1. The number of amides is 1. The summed E-state index contributed by atoms with van der Waals surface area (Å²) in [5.74, 6) is -1.28. The first-order valence-corrected chi connectivity index (χ1v) is 8.80. The quantitative estimate of drug-likeness (QED) is 0.601. The topological polar surface area (TPSA) is 81.7 Å². The number of rotatable bonds is 7. The predicted molar refractivity (Wildman–Crippen MR) is 98.7 cm³/mol. The summed E-state index contributed by atoms with van der Waals surface area (Å²) in [6.45, 7) is 1.30. The van der Waals surface area contributed by atoms with Crippen molar-refractivity contribution in [3.63, 3.8) is 0 Å². The molecule has 0 heterocycles. The summed E-state index contributed by atoms with van der Waals surface area (Å²) in [5.41, 5.74) is 4.62. The van der Waals surface area contributed by atoms with E-state index in [1.54, 1.807) is 0 Å². The molecule has 27 heavy (non-hydrogen) atoms. The molecule has 0 saturated carbocycles. The molecule has 0 spiro atoms. The first kappa shape index (κ1) is 18.6. The number of carbonyl (C=O) groups is 3. The van der Waals surface area contributed by atoms with Crippen molar-refractivity contribution in [2.45, 2.75) is 25.7 Å². The third-order valence-corrected chi connectivity index (χ3v) is 4.47. The Morgan fingerprint density at radius 1 is 0.889 bits per heavy atom. The van der Waals surface area contributed by atoms with Crippen LogP contribution in [0, 0.1) is 0 Å². The van der Waals surface area contributed by atoms with Gasteiger partial charge in [-0.15, -0.1) is 0 Å². The normalized spacial score (nSPS) is 12.0. The molecule has 3 rings (SSSR count). The van der Waals surface area contributed by atoms with Crippen molar-refractivity contribution in [1.29, 1.82) is 0 Å². The van der Waals surface area contributed by atoms with E-state index in [4.69, 9.17) is 4.74 Å². The summed E-state index contributed by atoms with van der Waals surface area (Å²) >= 11 is 0. The van der Waals surface area contributed by atoms with Crippen LogP contribution in [-0.4, -0.2) is 31.2 Å². The highest BCUT2D eigenvalue weighted by Crippen LogP contribution is 2.44. The largest absolute Gasteiger partial charge is 0.465 e. The monoisotopic (exact) mass is 367 g/mol. The molecule has 1 amide bonds. The molecule has 0 bridgehead atoms. The summed E-state index contributed by atoms with van der Waals surface area (Å²) < 4.78 is 10.0. The number of hydrogen-bond acceptors (Lipinski definition) is 5. The van der Waals surface area contributed by atoms with Crippen molar-refractivity contribution in [1.82, 2.24) is 5.32 Å². The minimum absolute atomic E-state index is 0.000793. The minimum atomic E-state index is -0.480. The Bertz CT molecular complexity index is 816. The molecule has 0 unspecified atom stereocenters. The lowest BCUT2D eigenvalue weighted by Crippen LogP contribution is -2.27. The number of hydrogen-bond donors (Lipinski definition) is 1. The van der Waals surface area contributed by atoms with Crippen LogP contribution in [0.4, 0.5) is 0 Å². The van der Waals surface area contributed by atoms with Gasteiger partial charge in [-0.3, -0.25) is 14.4 Å². The molecular weight excluding hydrogens is 346 g/mol. The standard InChI is InChI=1S/C21H21NO5/c1-14(23)27-13-22-20(24)10-11-21(25)26-12-19-17-8-4-2-6-15(17)16-7-3-5-9-18(16)19/h2-9,19H,10-13H2,1H3,(H,22,24). The molecule has 2 aromatic rings. The maximum Gasteiger partial charge on any atom is 0.306 e. The Balaban J connectivity index is 1.52. The average Bonchev–Trinajstić information content (AvgIpc) is 2.98. The van der Waals surface area contributed by atoms with Crippen LogP contribution in [0.1, 0.15) is 36.8 Å². The highest BCUT2D eigenvalue weighted by molar-refractivity contribution is 5.82. The fourth-order valence-electron chi connectivity index (χ4n) is 3.21. The molecule has 2 aromatic carbocycles. The minimum Gasteiger partial charge on any atom is -0.465 e. The van der Waals surface area contributed by atoms with Crippen LogP contribution in [0.3, 0.4) is 0 Å². The van der Waals surface area contributed by atoms with Gasteiger partial charge < -0.3 is 14.8 Å². The zero-order valence-corrected chi connectivity index (χ0v) is 15.1. The van der Waals surface area contributed by atoms with E-state index in [-0.39, 0.29) is 38.0 Å². The van der Waals surface area contributed by atoms with Crippen LogP contribution in [0.25, 0.3) is 11.1 Å². The molecule has 0 radical (unpaired) electrons. The van der Waals surface area contributed by atoms with Crippen molar-refractivity contribution in [2.75, 3.05) is 13.3 Å². The third-order valence-electron chi connectivity index (χ3n) is 4.47. The van der Waals surface area contributed by atoms with E-state index in [0.717, 1.165) is 11.1 Å². The highest BCUT2D eigenvalue weighted by atomic mass is 16.5. The first-order chi connectivity index (χ1) is 13.1. The number of ether oxygens (including phenoxy) is 2. The summed E-state index contributed by atoms with van der Waals surface area (Å²) in [7, 11) is 0. The van der Waals surface area contributed by atoms with Gasteiger partial charge in [-0.1, -0.05) is 48.5 Å². The molecule has 140 valence electrons. The van der Waals surface area contributed by atoms with Crippen LogP contribution in [0.15, 0.2) is 48.5 Å². The molecule has 1 aliphatic carbocycles. The Morgan fingerprint density at radius 3 is 2.07 bits per heavy atom. The number of fused-ring (bicyclic) bond motifs is 3. The van der Waals surface area contributed by atoms with Crippen molar-refractivity contribution in [3.8, 4) is 11.1 Å². The highest BCUT2D eigenvalue weighted by Gasteiger charge is 2.28. The third kappa shape index (κ3) is 4.53. The second kappa shape index (κ2) is 8.49. The Kier molecular flexibility index (Phi) is 5.86. The van der Waals surface area contributed by atoms with E-state index in [0.29, 0.717) is 0 Å². The van der Waals surface area contributed by atoms with Gasteiger partial charge >= 0.3 is 11.9 Å². The molecule has 1 N–H and O–H groups in total. The van der Waals surface area contributed by atoms with Gasteiger partial charge in [-0.2, -0.15) is 0 Å². The molecule has 6 nitrogen and oxygen atoms in total. The molecular formula is C21H21NO5. The summed E-state index contributed by atoms with van der Waals surface area (Å²) in [4.78, 5) is 34.3. The number of nitrogens with one attached hydrogen (secondary N) is 1. The maximum atomic E-state index is 12.0. The molecule has 1 aliphatic rings. The van der Waals surface area contributed by atoms with Crippen LogP contribution in [0.5, 0.6) is 0 Å². The van der Waals surface area contributed by atoms with Gasteiger partial charge in [0, 0.05) is 19.3 Å². The van der Waals surface area contributed by atoms with Crippen LogP contribution < -0.4 is 5.32 Å². The van der Waals surface area contributed by atoms with Crippen molar-refractivity contribution in [3.05, 3.63) is 59.7 Å². The van der Waals surface area contributed by atoms with E-state index in [1.165, 1.54) is 18.1 Å². The van der Waals surface area contributed by atoms with E-state index in [2.05, 4.69) is 34.3 Å². The van der Waals surface area contributed by atoms with Gasteiger partial charge in [-0.25, -0.2) is 0 Å². The summed E-state index contributed by atoms with van der Waals surface area (Å²) in [6, 6.07) is 16.2. The lowest BCUT2D eigenvalue weighted by atomic mass is 9.98. The number of benzene rings is 2. The Labute approximate surface area is 157 Å². The van der Waals surface area contributed by atoms with Crippen LogP contribution in [-0.2, 0) is 23.9 Å². The van der Waals surface area contributed by atoms with E-state index < -0.39 is 11.9 Å². The van der Waals surface area contributed by atoms with E-state index >= 15 is 0 Å². The SMILES string of the molecule is CC(=O)OCNC(=O)CCC(=O)OCC1c2ccccc2-c2ccccc21. The van der Waals surface area contributed by atoms with Gasteiger partial charge in [0.2, 0.25) is 5.91 Å². The molecule has 0 fully saturated rings. The summed E-state index contributed by atoms with van der Waals surface area (Å²) in [6.07, 6.45) is -0.0418. The zero-order chi connectivity index (χ0) is 19.2. The molecule has 0 saturated heterocycles. The van der Waals surface area contributed by atoms with Gasteiger partial charge in [0.25, 0.3) is 0 Å². The van der Waals surface area contributed by atoms with Gasteiger partial charge in [0.05, 0.1) is 6.42 Å². The maximum absolute atomic E-state index is 12.0. The Hall–Kier alpha value is -3.15. The predicted octanol–water partition coefficient (Wildman–Crippen LogP) is 2.76. The molecule has 0 aromatic heterocycles. The van der Waals surface area contributed by atoms with Gasteiger partial charge in [0.15, 0.2) is 6.73 Å². The lowest BCUT2D eigenvalue weighted by molar-refractivity contribution is -0.146. The summed E-state index contributed by atoms with van der Waals surface area (Å²) in [5, 5.41) is 2.40. The molecule has 0 aliphatic heterocycles. The Morgan fingerprint density at radius 2 is 1.48 bits per heavy atom. The second-order valence-electron chi connectivity index (χ2n) is 6.29. The number of esters is 2. The van der Waals surface area contributed by atoms with E-state index in [1.807, 2.05) is 24.3 Å². The lowest BCUT2D eigenvalue weighted by Gasteiger charge is -2.14. The average molecular weight is 367 g/mol. The molecule has 0 atom stereocenters. The fourth-order valence-corrected chi connectivity index (χ4v) is 3.21. The van der Waals surface area contributed by atoms with Crippen molar-refractivity contribution >= 4 is 17.8 Å². The fraction of sp³-hybridized carbons (Fsp3) is 0.286. The van der Waals surface area contributed by atoms with Gasteiger partial charge in [-0.05, 0) is 22.3 Å². The van der Waals surface area contributed by atoms with Crippen molar-refractivity contribution < 1.29 is 23.9 Å². The first-order valence-electron chi connectivity index (χ1n) is 8.80. The second-order valence-corrected chi connectivity index (χ2v) is 6.29. The van der Waals surface area contributed by atoms with Crippen molar-refractivity contribution in [2.24, 2.45) is 0 Å².